The van der Waals surface area contributed by atoms with Gasteiger partial charge in [-0.15, -0.1) is 0 Å². The number of rotatable bonds is 15. The van der Waals surface area contributed by atoms with Crippen LogP contribution in [0.4, 0.5) is 0 Å². The maximum atomic E-state index is 14.0. The molecule has 1 aromatic rings. The summed E-state index contributed by atoms with van der Waals surface area (Å²) in [7, 11) is 0. The van der Waals surface area contributed by atoms with Crippen molar-refractivity contribution in [3.8, 4) is 0 Å². The molecule has 0 aromatic heterocycles. The van der Waals surface area contributed by atoms with E-state index in [0.29, 0.717) is 23.7 Å². The summed E-state index contributed by atoms with van der Waals surface area (Å²) in [5, 5.41) is 25.9. The Kier molecular flexibility index (Phi) is 11.6. The van der Waals surface area contributed by atoms with E-state index in [4.69, 9.17) is 23.7 Å². The fourth-order valence-corrected chi connectivity index (χ4v) is 8.27. The van der Waals surface area contributed by atoms with Crippen LogP contribution in [0.15, 0.2) is 42.0 Å². The third-order valence-corrected chi connectivity index (χ3v) is 11.5. The largest absolute Gasteiger partial charge is 0.460 e. The number of allylic oxidation sites excluding steroid dienone is 1. The van der Waals surface area contributed by atoms with Crippen LogP contribution in [0.5, 0.6) is 0 Å². The van der Waals surface area contributed by atoms with Crippen LogP contribution in [0.2, 0.25) is 0 Å². The third-order valence-electron chi connectivity index (χ3n) is 11.5. The van der Waals surface area contributed by atoms with Gasteiger partial charge in [-0.25, -0.2) is 4.79 Å². The lowest BCUT2D eigenvalue weighted by atomic mass is 9.88. The average Bonchev–Trinajstić information content (AvgIpc) is 4.01. The lowest BCUT2D eigenvalue weighted by molar-refractivity contribution is -0.209. The summed E-state index contributed by atoms with van der Waals surface area (Å²) in [5.74, 6) is -2.34. The quantitative estimate of drug-likeness (QED) is 0.150. The van der Waals surface area contributed by atoms with E-state index in [9.17, 15) is 29.4 Å². The first-order chi connectivity index (χ1) is 26.2. The number of epoxide rings is 1. The predicted molar refractivity (Wildman–Crippen MR) is 199 cm³/mol. The van der Waals surface area contributed by atoms with Gasteiger partial charge in [0.1, 0.15) is 30.0 Å². The molecule has 4 N–H and O–H groups in total. The van der Waals surface area contributed by atoms with E-state index < -0.39 is 78.2 Å². The summed E-state index contributed by atoms with van der Waals surface area (Å²) < 4.78 is 30.7. The number of nitrogens with one attached hydrogen (secondary N) is 2. The van der Waals surface area contributed by atoms with Gasteiger partial charge in [0.05, 0.1) is 36.5 Å². The van der Waals surface area contributed by atoms with E-state index in [1.54, 1.807) is 39.0 Å². The Morgan fingerprint density at radius 3 is 2.38 bits per heavy atom. The van der Waals surface area contributed by atoms with Crippen molar-refractivity contribution in [1.82, 2.24) is 10.6 Å². The van der Waals surface area contributed by atoms with Crippen LogP contribution in [-0.4, -0.2) is 101 Å². The van der Waals surface area contributed by atoms with Gasteiger partial charge in [-0.2, -0.15) is 0 Å². The second-order valence-corrected chi connectivity index (χ2v) is 17.2. The first kappa shape index (κ1) is 39.6. The fourth-order valence-electron chi connectivity index (χ4n) is 8.27. The molecule has 6 aliphatic rings. The van der Waals surface area contributed by atoms with Crippen molar-refractivity contribution in [1.29, 1.82) is 0 Å². The Labute approximate surface area is 322 Å². The van der Waals surface area contributed by atoms with Crippen LogP contribution in [0.25, 0.3) is 6.08 Å². The molecule has 13 heteroatoms. The first-order valence-corrected chi connectivity index (χ1v) is 20.0. The van der Waals surface area contributed by atoms with E-state index in [0.717, 1.165) is 50.5 Å². The van der Waals surface area contributed by atoms with Crippen molar-refractivity contribution < 1.29 is 53.1 Å². The van der Waals surface area contributed by atoms with Gasteiger partial charge in [-0.05, 0) is 103 Å². The molecule has 2 amide bonds. The number of esters is 2. The molecule has 9 atom stereocenters. The zero-order valence-corrected chi connectivity index (χ0v) is 32.2. The van der Waals surface area contributed by atoms with E-state index in [-0.39, 0.29) is 36.7 Å². The maximum absolute atomic E-state index is 14.0. The molecule has 9 unspecified atom stereocenters. The lowest BCUT2D eigenvalue weighted by Gasteiger charge is -2.32. The molecule has 0 radical (unpaired) electrons. The summed E-state index contributed by atoms with van der Waals surface area (Å²) in [6.07, 6.45) is 10.1. The summed E-state index contributed by atoms with van der Waals surface area (Å²) in [6, 6.07) is 5.08. The van der Waals surface area contributed by atoms with E-state index in [1.807, 2.05) is 18.2 Å². The van der Waals surface area contributed by atoms with Crippen molar-refractivity contribution in [2.75, 3.05) is 6.61 Å². The highest BCUT2D eigenvalue weighted by Gasteiger charge is 2.64. The van der Waals surface area contributed by atoms with Crippen LogP contribution in [0, 0.1) is 17.8 Å². The number of aliphatic hydroxyl groups excluding tert-OH is 2. The lowest BCUT2D eigenvalue weighted by Crippen LogP contribution is -2.55. The van der Waals surface area contributed by atoms with Crippen molar-refractivity contribution >= 4 is 29.8 Å². The molecule has 13 nitrogen and oxygen atoms in total. The molecular weight excluding hydrogens is 708 g/mol. The van der Waals surface area contributed by atoms with E-state index in [2.05, 4.69) is 16.7 Å². The zero-order chi connectivity index (χ0) is 39.1. The van der Waals surface area contributed by atoms with Crippen molar-refractivity contribution in [3.05, 3.63) is 53.1 Å². The minimum Gasteiger partial charge on any atom is -0.460 e. The second-order valence-electron chi connectivity index (χ2n) is 17.2. The molecule has 55 heavy (non-hydrogen) atoms. The number of amides is 2. The van der Waals surface area contributed by atoms with Crippen LogP contribution >= 0.6 is 0 Å². The van der Waals surface area contributed by atoms with Crippen LogP contribution in [-0.2, 0) is 38.1 Å². The SMILES string of the molecule is CC(O)C(NC(=O)C1=CC2OC(C3CC3)(C3CC3)OC2C(OC(=O)c2ccccc2C=CC2CCC3OC3C2)C1)C(=O)NC(CO)CCC(=O)OC(C)(C)C. The number of carbonyl (C=O) groups is 4. The van der Waals surface area contributed by atoms with Crippen LogP contribution < -0.4 is 10.6 Å². The number of ether oxygens (including phenoxy) is 5. The molecule has 2 aliphatic heterocycles. The molecule has 0 bridgehead atoms. The standard InChI is InChI=1S/C42H56N2O11/c1-23(46)36(39(49)43-29(22-45)16-18-35(47)54-41(2,3)4)44-38(48)26-20-33(37-34(21-26)53-42(55-37,27-12-13-27)28-14-15-28)52-40(50)30-8-6-5-7-25(30)11-9-24-10-17-31-32(19-24)51-31/h5-9,11,21,23-24,27-29,31-34,36-37,45-46H,10,12-20,22H2,1-4H3,(H,43,49)(H,44,48). The van der Waals surface area contributed by atoms with Gasteiger partial charge < -0.3 is 44.5 Å². The Bertz CT molecular complexity index is 1660. The minimum absolute atomic E-state index is 0.000545. The predicted octanol–water partition coefficient (Wildman–Crippen LogP) is 3.89. The zero-order valence-electron chi connectivity index (χ0n) is 32.2. The van der Waals surface area contributed by atoms with Gasteiger partial charge in [0, 0.05) is 30.3 Å². The molecule has 2 saturated heterocycles. The van der Waals surface area contributed by atoms with Gasteiger partial charge in [-0.3, -0.25) is 14.4 Å². The molecule has 2 heterocycles. The van der Waals surface area contributed by atoms with Gasteiger partial charge in [0.25, 0.3) is 0 Å². The van der Waals surface area contributed by atoms with Gasteiger partial charge >= 0.3 is 11.9 Å². The highest BCUT2D eigenvalue weighted by Crippen LogP contribution is 2.59. The number of hydrogen-bond acceptors (Lipinski definition) is 11. The highest BCUT2D eigenvalue weighted by molar-refractivity contribution is 5.98. The minimum atomic E-state index is -1.39. The van der Waals surface area contributed by atoms with Gasteiger partial charge in [0.15, 0.2) is 5.79 Å². The summed E-state index contributed by atoms with van der Waals surface area (Å²) in [4.78, 5) is 53.6. The summed E-state index contributed by atoms with van der Waals surface area (Å²) in [6.45, 7) is 6.15. The molecule has 300 valence electrons. The second kappa shape index (κ2) is 16.1. The first-order valence-electron chi connectivity index (χ1n) is 20.0. The van der Waals surface area contributed by atoms with Gasteiger partial charge in [-0.1, -0.05) is 30.4 Å². The number of fused-ring (bicyclic) bond motifs is 2. The van der Waals surface area contributed by atoms with Gasteiger partial charge in [0.2, 0.25) is 11.8 Å². The van der Waals surface area contributed by atoms with E-state index in [1.165, 1.54) is 6.92 Å². The van der Waals surface area contributed by atoms with E-state index >= 15 is 0 Å². The third kappa shape index (κ3) is 9.51. The molecule has 1 aromatic carbocycles. The average molecular weight is 765 g/mol. The number of aliphatic hydroxyl groups is 2. The normalized spacial score (nSPS) is 29.9. The molecular formula is C42H56N2O11. The monoisotopic (exact) mass is 764 g/mol. The molecule has 5 fully saturated rings. The van der Waals surface area contributed by atoms with Crippen LogP contribution in [0.3, 0.4) is 0 Å². The molecule has 4 aliphatic carbocycles. The maximum Gasteiger partial charge on any atom is 0.339 e. The smallest absolute Gasteiger partial charge is 0.339 e. The number of benzene rings is 1. The molecule has 0 spiro atoms. The van der Waals surface area contributed by atoms with Crippen molar-refractivity contribution in [3.63, 3.8) is 0 Å². The summed E-state index contributed by atoms with van der Waals surface area (Å²) in [5.41, 5.74) is 0.691. The summed E-state index contributed by atoms with van der Waals surface area (Å²) >= 11 is 0. The topological polar surface area (TPSA) is 182 Å². The van der Waals surface area contributed by atoms with Crippen LogP contribution in [0.1, 0.15) is 108 Å². The Hall–Kier alpha value is -3.62. The van der Waals surface area contributed by atoms with Crippen molar-refractivity contribution in [2.24, 2.45) is 17.8 Å². The Morgan fingerprint density at radius 1 is 1.00 bits per heavy atom. The van der Waals surface area contributed by atoms with Crippen molar-refractivity contribution in [2.45, 2.75) is 152 Å². The number of hydrogen-bond donors (Lipinski definition) is 4. The Balaban J connectivity index is 1.05. The Morgan fingerprint density at radius 2 is 1.73 bits per heavy atom. The molecule has 3 saturated carbocycles. The molecule has 7 rings (SSSR count). The highest BCUT2D eigenvalue weighted by atomic mass is 16.8. The fraction of sp³-hybridized carbons (Fsp3) is 0.667. The number of carbonyl (C=O) groups excluding carboxylic acids is 4.